The fraction of sp³-hybridized carbons (Fsp3) is 0.167. The average molecular weight is 338 g/mol. The van der Waals surface area contributed by atoms with Crippen molar-refractivity contribution in [3.63, 3.8) is 0 Å². The minimum atomic E-state index is -0.367. The third kappa shape index (κ3) is 4.35. The molecule has 0 aliphatic carbocycles. The first kappa shape index (κ1) is 16.5. The SMILES string of the molecule is COC(=O)c1ccc(Nc2cc(NCc3ccco3)nc(C)n2)cc1. The molecule has 3 rings (SSSR count). The molecule has 3 aromatic rings. The molecule has 2 N–H and O–H groups in total. The van der Waals surface area contributed by atoms with Crippen LogP contribution in [0.5, 0.6) is 0 Å². The second-order valence-corrected chi connectivity index (χ2v) is 5.31. The maximum atomic E-state index is 11.5. The van der Waals surface area contributed by atoms with Crippen molar-refractivity contribution in [3.8, 4) is 0 Å². The Bertz CT molecular complexity index is 845. The van der Waals surface area contributed by atoms with Crippen molar-refractivity contribution in [3.05, 3.63) is 65.9 Å². The summed E-state index contributed by atoms with van der Waals surface area (Å²) < 4.78 is 9.98. The van der Waals surface area contributed by atoms with Gasteiger partial charge in [-0.3, -0.25) is 0 Å². The lowest BCUT2D eigenvalue weighted by molar-refractivity contribution is 0.0601. The second-order valence-electron chi connectivity index (χ2n) is 5.31. The number of methoxy groups -OCH3 is 1. The number of ether oxygens (including phenoxy) is 1. The summed E-state index contributed by atoms with van der Waals surface area (Å²) in [6, 6.07) is 12.5. The van der Waals surface area contributed by atoms with Gasteiger partial charge in [-0.2, -0.15) is 0 Å². The summed E-state index contributed by atoms with van der Waals surface area (Å²) >= 11 is 0. The molecule has 1 aromatic carbocycles. The Morgan fingerprint density at radius 2 is 1.92 bits per heavy atom. The maximum Gasteiger partial charge on any atom is 0.337 e. The molecule has 7 nitrogen and oxygen atoms in total. The highest BCUT2D eigenvalue weighted by molar-refractivity contribution is 5.89. The summed E-state index contributed by atoms with van der Waals surface area (Å²) in [6.07, 6.45) is 1.63. The van der Waals surface area contributed by atoms with Gasteiger partial charge in [0, 0.05) is 11.8 Å². The number of carbonyl (C=O) groups excluding carboxylic acids is 1. The molecule has 2 heterocycles. The summed E-state index contributed by atoms with van der Waals surface area (Å²) in [7, 11) is 1.36. The topological polar surface area (TPSA) is 89.3 Å². The Morgan fingerprint density at radius 1 is 1.16 bits per heavy atom. The number of esters is 1. The molecule has 7 heteroatoms. The molecule has 0 aliphatic heterocycles. The predicted molar refractivity (Wildman–Crippen MR) is 93.9 cm³/mol. The predicted octanol–water partition coefficient (Wildman–Crippen LogP) is 3.52. The van der Waals surface area contributed by atoms with E-state index in [4.69, 9.17) is 4.42 Å². The fourth-order valence-corrected chi connectivity index (χ4v) is 2.27. The molecule has 128 valence electrons. The van der Waals surface area contributed by atoms with E-state index >= 15 is 0 Å². The van der Waals surface area contributed by atoms with E-state index in [-0.39, 0.29) is 5.97 Å². The molecule has 0 atom stereocenters. The van der Waals surface area contributed by atoms with Crippen LogP contribution >= 0.6 is 0 Å². The van der Waals surface area contributed by atoms with E-state index in [0.29, 0.717) is 29.6 Å². The van der Waals surface area contributed by atoms with E-state index in [0.717, 1.165) is 11.4 Å². The number of aromatic nitrogens is 2. The highest BCUT2D eigenvalue weighted by atomic mass is 16.5. The van der Waals surface area contributed by atoms with Gasteiger partial charge in [0.05, 0.1) is 25.5 Å². The van der Waals surface area contributed by atoms with Gasteiger partial charge in [0.25, 0.3) is 0 Å². The van der Waals surface area contributed by atoms with Gasteiger partial charge in [-0.25, -0.2) is 14.8 Å². The van der Waals surface area contributed by atoms with Gasteiger partial charge in [0.2, 0.25) is 0 Å². The first-order chi connectivity index (χ1) is 12.1. The van der Waals surface area contributed by atoms with Crippen LogP contribution in [0.3, 0.4) is 0 Å². The molecule has 0 amide bonds. The number of nitrogens with one attached hydrogen (secondary N) is 2. The van der Waals surface area contributed by atoms with E-state index in [9.17, 15) is 4.79 Å². The molecule has 0 spiro atoms. The van der Waals surface area contributed by atoms with Crippen LogP contribution in [-0.4, -0.2) is 23.0 Å². The first-order valence-electron chi connectivity index (χ1n) is 7.71. The van der Waals surface area contributed by atoms with Crippen molar-refractivity contribution in [2.24, 2.45) is 0 Å². The van der Waals surface area contributed by atoms with Crippen molar-refractivity contribution in [2.45, 2.75) is 13.5 Å². The van der Waals surface area contributed by atoms with E-state index in [1.54, 1.807) is 30.5 Å². The molecule has 0 saturated carbocycles. The Morgan fingerprint density at radius 3 is 2.60 bits per heavy atom. The Labute approximate surface area is 145 Å². The van der Waals surface area contributed by atoms with Gasteiger partial charge < -0.3 is 19.8 Å². The minimum absolute atomic E-state index is 0.367. The number of aryl methyl sites for hydroxylation is 1. The number of carbonyl (C=O) groups is 1. The second kappa shape index (κ2) is 7.48. The van der Waals surface area contributed by atoms with Crippen molar-refractivity contribution in [1.82, 2.24) is 9.97 Å². The van der Waals surface area contributed by atoms with Crippen LogP contribution < -0.4 is 10.6 Å². The number of nitrogens with zero attached hydrogens (tertiary/aromatic N) is 2. The normalized spacial score (nSPS) is 10.3. The summed E-state index contributed by atoms with van der Waals surface area (Å²) in [5.41, 5.74) is 1.30. The highest BCUT2D eigenvalue weighted by Crippen LogP contribution is 2.19. The number of hydrogen-bond acceptors (Lipinski definition) is 7. The van der Waals surface area contributed by atoms with Gasteiger partial charge in [-0.15, -0.1) is 0 Å². The van der Waals surface area contributed by atoms with E-state index in [1.807, 2.05) is 25.1 Å². The highest BCUT2D eigenvalue weighted by Gasteiger charge is 2.06. The van der Waals surface area contributed by atoms with E-state index < -0.39 is 0 Å². The number of benzene rings is 1. The van der Waals surface area contributed by atoms with Crippen LogP contribution in [-0.2, 0) is 11.3 Å². The molecule has 25 heavy (non-hydrogen) atoms. The lowest BCUT2D eigenvalue weighted by Crippen LogP contribution is -2.05. The summed E-state index contributed by atoms with van der Waals surface area (Å²) in [6.45, 7) is 2.36. The number of hydrogen-bond donors (Lipinski definition) is 2. The molecule has 0 bridgehead atoms. The number of furan rings is 1. The summed E-state index contributed by atoms with van der Waals surface area (Å²) in [5.74, 6) is 2.44. The van der Waals surface area contributed by atoms with Crippen LogP contribution in [0.25, 0.3) is 0 Å². The van der Waals surface area contributed by atoms with Gasteiger partial charge >= 0.3 is 5.97 Å². The van der Waals surface area contributed by atoms with Crippen molar-refractivity contribution < 1.29 is 13.9 Å². The molecule has 0 unspecified atom stereocenters. The zero-order valence-corrected chi connectivity index (χ0v) is 13.9. The zero-order valence-electron chi connectivity index (χ0n) is 13.9. The van der Waals surface area contributed by atoms with Gasteiger partial charge in [0.1, 0.15) is 23.2 Å². The Balaban J connectivity index is 1.70. The quantitative estimate of drug-likeness (QED) is 0.665. The van der Waals surface area contributed by atoms with Gasteiger partial charge in [0.15, 0.2) is 0 Å². The molecule has 2 aromatic heterocycles. The molecular formula is C18H18N4O3. The lowest BCUT2D eigenvalue weighted by atomic mass is 10.2. The van der Waals surface area contributed by atoms with Crippen molar-refractivity contribution in [1.29, 1.82) is 0 Å². The zero-order chi connectivity index (χ0) is 17.6. The first-order valence-corrected chi connectivity index (χ1v) is 7.71. The fourth-order valence-electron chi connectivity index (χ4n) is 2.27. The molecule has 0 radical (unpaired) electrons. The summed E-state index contributed by atoms with van der Waals surface area (Å²) in [5, 5.41) is 6.40. The standard InChI is InChI=1S/C18H18N4O3/c1-12-20-16(19-11-15-4-3-9-25-15)10-17(21-12)22-14-7-5-13(6-8-14)18(23)24-2/h3-10H,11H2,1-2H3,(H2,19,20,21,22). The van der Waals surface area contributed by atoms with Crippen LogP contribution in [0.15, 0.2) is 53.1 Å². The van der Waals surface area contributed by atoms with E-state index in [2.05, 4.69) is 25.3 Å². The number of rotatable bonds is 6. The third-order valence-corrected chi connectivity index (χ3v) is 3.44. The van der Waals surface area contributed by atoms with E-state index in [1.165, 1.54) is 7.11 Å². The average Bonchev–Trinajstić information content (AvgIpc) is 3.13. The van der Waals surface area contributed by atoms with Crippen LogP contribution in [0.2, 0.25) is 0 Å². The largest absolute Gasteiger partial charge is 0.467 e. The van der Waals surface area contributed by atoms with Gasteiger partial charge in [-0.1, -0.05) is 0 Å². The van der Waals surface area contributed by atoms with Crippen molar-refractivity contribution >= 4 is 23.3 Å². The maximum absolute atomic E-state index is 11.5. The summed E-state index contributed by atoms with van der Waals surface area (Å²) in [4.78, 5) is 20.2. The molecule has 0 aliphatic rings. The number of anilines is 3. The minimum Gasteiger partial charge on any atom is -0.467 e. The Hall–Kier alpha value is -3.35. The third-order valence-electron chi connectivity index (χ3n) is 3.44. The molecular weight excluding hydrogens is 320 g/mol. The lowest BCUT2D eigenvalue weighted by Gasteiger charge is -2.10. The Kier molecular flexibility index (Phi) is 4.94. The monoisotopic (exact) mass is 338 g/mol. The smallest absolute Gasteiger partial charge is 0.337 e. The van der Waals surface area contributed by atoms with Crippen LogP contribution in [0, 0.1) is 6.92 Å². The van der Waals surface area contributed by atoms with Gasteiger partial charge in [-0.05, 0) is 43.3 Å². The molecule has 0 saturated heterocycles. The van der Waals surface area contributed by atoms with Crippen molar-refractivity contribution in [2.75, 3.05) is 17.7 Å². The van der Waals surface area contributed by atoms with Crippen LogP contribution in [0.4, 0.5) is 17.3 Å². The van der Waals surface area contributed by atoms with Crippen LogP contribution in [0.1, 0.15) is 21.9 Å². The molecule has 0 fully saturated rings.